The second kappa shape index (κ2) is 8.76. The number of likely N-dealkylation sites (tertiary alicyclic amines) is 2. The Morgan fingerprint density at radius 2 is 1.82 bits per heavy atom. The molecule has 2 fully saturated rings. The predicted octanol–water partition coefficient (Wildman–Crippen LogP) is 3.03. The van der Waals surface area contributed by atoms with Crippen molar-refractivity contribution in [3.05, 3.63) is 35.9 Å². The molecule has 0 spiro atoms. The summed E-state index contributed by atoms with van der Waals surface area (Å²) >= 11 is 0. The van der Waals surface area contributed by atoms with Gasteiger partial charge in [0, 0.05) is 38.2 Å². The maximum atomic E-state index is 13.3. The van der Waals surface area contributed by atoms with Crippen LogP contribution in [-0.4, -0.2) is 58.9 Å². The van der Waals surface area contributed by atoms with E-state index in [2.05, 4.69) is 0 Å². The van der Waals surface area contributed by atoms with Gasteiger partial charge in [-0.2, -0.15) is 0 Å². The highest BCUT2D eigenvalue weighted by atomic mass is 16.4. The van der Waals surface area contributed by atoms with E-state index in [0.717, 1.165) is 32.2 Å². The summed E-state index contributed by atoms with van der Waals surface area (Å²) in [7, 11) is 0. The van der Waals surface area contributed by atoms with Crippen LogP contribution in [0.5, 0.6) is 0 Å². The largest absolute Gasteiger partial charge is 0.481 e. The van der Waals surface area contributed by atoms with Crippen molar-refractivity contribution in [3.63, 3.8) is 0 Å². The Hall–Kier alpha value is -2.37. The summed E-state index contributed by atoms with van der Waals surface area (Å²) in [5.74, 6) is -0.434. The van der Waals surface area contributed by atoms with E-state index in [1.807, 2.05) is 47.1 Å². The number of hydrogen-bond acceptors (Lipinski definition) is 3. The summed E-state index contributed by atoms with van der Waals surface area (Å²) in [5.41, 5.74) is 0.0862. The van der Waals surface area contributed by atoms with Gasteiger partial charge >= 0.3 is 5.97 Å². The summed E-state index contributed by atoms with van der Waals surface area (Å²) in [6, 6.07) is 9.22. The summed E-state index contributed by atoms with van der Waals surface area (Å²) in [5, 5.41) is 8.92. The molecule has 1 N–H and O–H groups in total. The third-order valence-corrected chi connectivity index (χ3v) is 6.09. The zero-order valence-electron chi connectivity index (χ0n) is 16.6. The molecule has 2 atom stereocenters. The van der Waals surface area contributed by atoms with Crippen LogP contribution < -0.4 is 0 Å². The molecule has 2 aliphatic rings. The van der Waals surface area contributed by atoms with Gasteiger partial charge in [-0.15, -0.1) is 0 Å². The maximum absolute atomic E-state index is 13.3. The van der Waals surface area contributed by atoms with Gasteiger partial charge in [0.05, 0.1) is 5.41 Å². The SMILES string of the molecule is CC1(C(=O)N2CCCC(CCC(=O)O)C2)CCCN(C(=O)c2ccccc2)C1. The lowest BCUT2D eigenvalue weighted by Gasteiger charge is -2.44. The van der Waals surface area contributed by atoms with E-state index in [0.29, 0.717) is 31.6 Å². The van der Waals surface area contributed by atoms with Gasteiger partial charge in [0.15, 0.2) is 0 Å². The molecule has 2 amide bonds. The van der Waals surface area contributed by atoms with E-state index in [4.69, 9.17) is 5.11 Å². The molecule has 0 saturated carbocycles. The smallest absolute Gasteiger partial charge is 0.303 e. The minimum Gasteiger partial charge on any atom is -0.481 e. The van der Waals surface area contributed by atoms with Crippen LogP contribution in [0.2, 0.25) is 0 Å². The van der Waals surface area contributed by atoms with Crippen LogP contribution in [0.15, 0.2) is 30.3 Å². The van der Waals surface area contributed by atoms with Gasteiger partial charge in [0.25, 0.3) is 5.91 Å². The van der Waals surface area contributed by atoms with E-state index in [-0.39, 0.29) is 24.2 Å². The number of nitrogens with zero attached hydrogens (tertiary/aromatic N) is 2. The Morgan fingerprint density at radius 1 is 1.11 bits per heavy atom. The van der Waals surface area contributed by atoms with Crippen LogP contribution in [-0.2, 0) is 9.59 Å². The normalized spacial score (nSPS) is 25.4. The third-order valence-electron chi connectivity index (χ3n) is 6.09. The zero-order valence-corrected chi connectivity index (χ0v) is 16.6. The summed E-state index contributed by atoms with van der Waals surface area (Å²) < 4.78 is 0. The molecule has 0 aromatic heterocycles. The number of rotatable bonds is 5. The summed E-state index contributed by atoms with van der Waals surface area (Å²) in [6.45, 7) is 4.45. The molecule has 6 heteroatoms. The number of aliphatic carboxylic acids is 1. The van der Waals surface area contributed by atoms with Gasteiger partial charge in [0.1, 0.15) is 0 Å². The number of piperidine rings is 2. The molecule has 6 nitrogen and oxygen atoms in total. The Kier molecular flexibility index (Phi) is 6.37. The van der Waals surface area contributed by atoms with Crippen molar-refractivity contribution in [1.29, 1.82) is 0 Å². The van der Waals surface area contributed by atoms with Crippen LogP contribution in [0, 0.1) is 11.3 Å². The number of carboxylic acid groups (broad SMARTS) is 1. The first-order chi connectivity index (χ1) is 13.4. The van der Waals surface area contributed by atoms with Crippen LogP contribution in [0.25, 0.3) is 0 Å². The summed E-state index contributed by atoms with van der Waals surface area (Å²) in [6.07, 6.45) is 4.26. The van der Waals surface area contributed by atoms with Gasteiger partial charge < -0.3 is 14.9 Å². The molecule has 0 radical (unpaired) electrons. The zero-order chi connectivity index (χ0) is 20.1. The first kappa shape index (κ1) is 20.4. The number of carbonyl (C=O) groups excluding carboxylic acids is 2. The number of carbonyl (C=O) groups is 3. The van der Waals surface area contributed by atoms with Crippen LogP contribution in [0.3, 0.4) is 0 Å². The Balaban J connectivity index is 1.65. The van der Waals surface area contributed by atoms with Crippen molar-refractivity contribution in [2.75, 3.05) is 26.2 Å². The fourth-order valence-electron chi connectivity index (χ4n) is 4.55. The van der Waals surface area contributed by atoms with Crippen molar-refractivity contribution < 1.29 is 19.5 Å². The van der Waals surface area contributed by atoms with Crippen molar-refractivity contribution in [2.45, 2.75) is 45.4 Å². The molecule has 1 aromatic carbocycles. The molecular formula is C22H30N2O4. The van der Waals surface area contributed by atoms with Crippen LogP contribution in [0.4, 0.5) is 0 Å². The lowest BCUT2D eigenvalue weighted by Crippen LogP contribution is -2.54. The molecule has 28 heavy (non-hydrogen) atoms. The standard InChI is InChI=1S/C22H30N2O4/c1-22(21(28)23-13-5-7-17(15-23)10-11-19(25)26)12-6-14-24(16-22)20(27)18-8-3-2-4-9-18/h2-4,8-9,17H,5-7,10-16H2,1H3,(H,25,26). The molecule has 3 rings (SSSR count). The second-order valence-corrected chi connectivity index (χ2v) is 8.45. The van der Waals surface area contributed by atoms with Gasteiger partial charge in [-0.05, 0) is 57.1 Å². The lowest BCUT2D eigenvalue weighted by molar-refractivity contribution is -0.145. The molecule has 152 valence electrons. The number of benzene rings is 1. The maximum Gasteiger partial charge on any atom is 0.303 e. The first-order valence-electron chi connectivity index (χ1n) is 10.2. The minimum atomic E-state index is -0.780. The number of amides is 2. The van der Waals surface area contributed by atoms with E-state index >= 15 is 0 Å². The second-order valence-electron chi connectivity index (χ2n) is 8.45. The van der Waals surface area contributed by atoms with E-state index in [9.17, 15) is 14.4 Å². The highest BCUT2D eigenvalue weighted by Gasteiger charge is 2.42. The quantitative estimate of drug-likeness (QED) is 0.844. The van der Waals surface area contributed by atoms with Crippen LogP contribution >= 0.6 is 0 Å². The van der Waals surface area contributed by atoms with E-state index in [1.54, 1.807) is 0 Å². The predicted molar refractivity (Wildman–Crippen MR) is 106 cm³/mol. The van der Waals surface area contributed by atoms with Gasteiger partial charge in [-0.1, -0.05) is 18.2 Å². The molecular weight excluding hydrogens is 356 g/mol. The van der Waals surface area contributed by atoms with Crippen molar-refractivity contribution in [1.82, 2.24) is 9.80 Å². The molecule has 0 aliphatic carbocycles. The molecule has 1 aromatic rings. The molecule has 2 unspecified atom stereocenters. The van der Waals surface area contributed by atoms with Crippen molar-refractivity contribution in [2.24, 2.45) is 11.3 Å². The molecule has 2 heterocycles. The fraction of sp³-hybridized carbons (Fsp3) is 0.591. The lowest BCUT2D eigenvalue weighted by atomic mass is 9.79. The highest BCUT2D eigenvalue weighted by Crippen LogP contribution is 2.34. The topological polar surface area (TPSA) is 77.9 Å². The fourth-order valence-corrected chi connectivity index (χ4v) is 4.55. The Bertz CT molecular complexity index is 721. The van der Waals surface area contributed by atoms with Gasteiger partial charge in [-0.3, -0.25) is 14.4 Å². The monoisotopic (exact) mass is 386 g/mol. The summed E-state index contributed by atoms with van der Waals surface area (Å²) in [4.78, 5) is 40.7. The molecule has 2 aliphatic heterocycles. The van der Waals surface area contributed by atoms with Crippen molar-refractivity contribution in [3.8, 4) is 0 Å². The Labute approximate surface area is 166 Å². The average Bonchev–Trinajstić information content (AvgIpc) is 2.72. The average molecular weight is 386 g/mol. The third kappa shape index (κ3) is 4.72. The van der Waals surface area contributed by atoms with Crippen molar-refractivity contribution >= 4 is 17.8 Å². The Morgan fingerprint density at radius 3 is 2.54 bits per heavy atom. The first-order valence-corrected chi connectivity index (χ1v) is 10.2. The minimum absolute atomic E-state index is 0.0164. The number of hydrogen-bond donors (Lipinski definition) is 1. The van der Waals surface area contributed by atoms with E-state index < -0.39 is 11.4 Å². The molecule has 2 saturated heterocycles. The van der Waals surface area contributed by atoms with E-state index in [1.165, 1.54) is 0 Å². The van der Waals surface area contributed by atoms with Crippen LogP contribution in [0.1, 0.15) is 55.8 Å². The van der Waals surface area contributed by atoms with Gasteiger partial charge in [0.2, 0.25) is 5.91 Å². The van der Waals surface area contributed by atoms with Gasteiger partial charge in [-0.25, -0.2) is 0 Å². The molecule has 0 bridgehead atoms. The number of carboxylic acids is 1. The highest BCUT2D eigenvalue weighted by molar-refractivity contribution is 5.95.